The summed E-state index contributed by atoms with van der Waals surface area (Å²) in [6.07, 6.45) is 0.322. The summed E-state index contributed by atoms with van der Waals surface area (Å²) in [5.41, 5.74) is -0.735. The Labute approximate surface area is 122 Å². The molecule has 0 atom stereocenters. The topological polar surface area (TPSA) is 75.6 Å². The molecule has 1 aromatic rings. The lowest BCUT2D eigenvalue weighted by molar-refractivity contribution is 0.245. The van der Waals surface area contributed by atoms with Crippen molar-refractivity contribution in [2.45, 2.75) is 30.7 Å². The largest absolute Gasteiger partial charge is 0.495 e. The maximum Gasteiger partial charge on any atom is 0.244 e. The number of halogens is 1. The third-order valence-corrected chi connectivity index (χ3v) is 4.78. The van der Waals surface area contributed by atoms with Gasteiger partial charge in [-0.1, -0.05) is 15.9 Å². The SMILES string of the molecule is COc1ccc(Br)cc1S(=O)(=O)NC(C)(C)CCO. The lowest BCUT2D eigenvalue weighted by Gasteiger charge is -2.25. The second-order valence-corrected chi connectivity index (χ2v) is 7.32. The molecule has 0 heterocycles. The molecule has 0 bridgehead atoms. The second-order valence-electron chi connectivity index (χ2n) is 4.76. The Morgan fingerprint density at radius 2 is 2.05 bits per heavy atom. The van der Waals surface area contributed by atoms with Crippen molar-refractivity contribution in [3.05, 3.63) is 22.7 Å². The Balaban J connectivity index is 3.17. The molecule has 0 saturated carbocycles. The lowest BCUT2D eigenvalue weighted by atomic mass is 10.0. The standard InChI is InChI=1S/C12H18BrNO4S/c1-12(2,6-7-15)14-19(16,17)11-8-9(13)4-5-10(11)18-3/h4-5,8,14-15H,6-7H2,1-3H3. The van der Waals surface area contributed by atoms with E-state index >= 15 is 0 Å². The summed E-state index contributed by atoms with van der Waals surface area (Å²) in [4.78, 5) is 0.0652. The molecule has 0 aromatic heterocycles. The summed E-state index contributed by atoms with van der Waals surface area (Å²) in [6, 6.07) is 4.77. The Morgan fingerprint density at radius 3 is 2.58 bits per heavy atom. The van der Waals surface area contributed by atoms with Gasteiger partial charge in [0.1, 0.15) is 10.6 Å². The normalized spacial score (nSPS) is 12.5. The van der Waals surface area contributed by atoms with E-state index in [2.05, 4.69) is 20.7 Å². The van der Waals surface area contributed by atoms with E-state index in [-0.39, 0.29) is 17.3 Å². The summed E-state index contributed by atoms with van der Waals surface area (Å²) < 4.78 is 33.0. The molecule has 0 spiro atoms. The number of sulfonamides is 1. The van der Waals surface area contributed by atoms with Crippen LogP contribution in [0.3, 0.4) is 0 Å². The van der Waals surface area contributed by atoms with Crippen molar-refractivity contribution in [2.75, 3.05) is 13.7 Å². The predicted molar refractivity (Wildman–Crippen MR) is 76.8 cm³/mol. The van der Waals surface area contributed by atoms with Gasteiger partial charge in [0.15, 0.2) is 0 Å². The average molecular weight is 352 g/mol. The van der Waals surface area contributed by atoms with E-state index in [9.17, 15) is 8.42 Å². The first-order chi connectivity index (χ1) is 8.72. The van der Waals surface area contributed by atoms with Crippen LogP contribution in [0.2, 0.25) is 0 Å². The van der Waals surface area contributed by atoms with Crippen molar-refractivity contribution in [1.82, 2.24) is 4.72 Å². The van der Waals surface area contributed by atoms with Gasteiger partial charge in [-0.05, 0) is 38.5 Å². The van der Waals surface area contributed by atoms with Crippen LogP contribution in [-0.4, -0.2) is 32.8 Å². The molecule has 1 rings (SSSR count). The Kier molecular flexibility index (Phi) is 5.37. The monoisotopic (exact) mass is 351 g/mol. The lowest BCUT2D eigenvalue weighted by Crippen LogP contribution is -2.44. The van der Waals surface area contributed by atoms with Gasteiger partial charge >= 0.3 is 0 Å². The minimum absolute atomic E-state index is 0.0652. The predicted octanol–water partition coefficient (Wildman–Crippen LogP) is 1.90. The highest BCUT2D eigenvalue weighted by Gasteiger charge is 2.28. The maximum atomic E-state index is 12.4. The van der Waals surface area contributed by atoms with Gasteiger partial charge in [-0.15, -0.1) is 0 Å². The van der Waals surface area contributed by atoms with Crippen molar-refractivity contribution < 1.29 is 18.3 Å². The highest BCUT2D eigenvalue weighted by atomic mass is 79.9. The van der Waals surface area contributed by atoms with Crippen LogP contribution >= 0.6 is 15.9 Å². The van der Waals surface area contributed by atoms with Crippen LogP contribution in [-0.2, 0) is 10.0 Å². The van der Waals surface area contributed by atoms with Crippen LogP contribution in [0.5, 0.6) is 5.75 Å². The molecule has 0 aliphatic heterocycles. The molecule has 0 aliphatic rings. The van der Waals surface area contributed by atoms with Gasteiger partial charge in [-0.25, -0.2) is 13.1 Å². The maximum absolute atomic E-state index is 12.4. The third-order valence-electron chi connectivity index (χ3n) is 2.56. The second kappa shape index (κ2) is 6.21. The van der Waals surface area contributed by atoms with Crippen LogP contribution in [0.4, 0.5) is 0 Å². The average Bonchev–Trinajstić information content (AvgIpc) is 2.27. The fraction of sp³-hybridized carbons (Fsp3) is 0.500. The van der Waals surface area contributed by atoms with Gasteiger partial charge in [0.25, 0.3) is 0 Å². The molecule has 7 heteroatoms. The number of rotatable bonds is 6. The summed E-state index contributed by atoms with van der Waals surface area (Å²) in [5.74, 6) is 0.274. The molecular weight excluding hydrogens is 334 g/mol. The van der Waals surface area contributed by atoms with Gasteiger partial charge in [0, 0.05) is 16.6 Å². The summed E-state index contributed by atoms with van der Waals surface area (Å²) >= 11 is 3.24. The summed E-state index contributed by atoms with van der Waals surface area (Å²) in [7, 11) is -2.30. The Morgan fingerprint density at radius 1 is 1.42 bits per heavy atom. The van der Waals surface area contributed by atoms with Crippen LogP contribution in [0.25, 0.3) is 0 Å². The summed E-state index contributed by atoms with van der Waals surface area (Å²) in [5, 5.41) is 8.95. The number of aliphatic hydroxyl groups excluding tert-OH is 1. The number of hydrogen-bond acceptors (Lipinski definition) is 4. The van der Waals surface area contributed by atoms with Crippen LogP contribution in [0, 0.1) is 0 Å². The highest BCUT2D eigenvalue weighted by Crippen LogP contribution is 2.28. The first kappa shape index (κ1) is 16.4. The molecule has 0 unspecified atom stereocenters. The zero-order valence-electron chi connectivity index (χ0n) is 11.1. The molecule has 2 N–H and O–H groups in total. The number of aliphatic hydroxyl groups is 1. The van der Waals surface area contributed by atoms with Crippen LogP contribution in [0.1, 0.15) is 20.3 Å². The van der Waals surface area contributed by atoms with Crippen molar-refractivity contribution in [2.24, 2.45) is 0 Å². The first-order valence-corrected chi connectivity index (χ1v) is 7.98. The Bertz CT molecular complexity index is 543. The van der Waals surface area contributed by atoms with Gasteiger partial charge in [0.2, 0.25) is 10.0 Å². The van der Waals surface area contributed by atoms with Gasteiger partial charge in [-0.2, -0.15) is 0 Å². The van der Waals surface area contributed by atoms with E-state index < -0.39 is 15.6 Å². The molecule has 0 saturated heterocycles. The number of methoxy groups -OCH3 is 1. The molecule has 108 valence electrons. The van der Waals surface area contributed by atoms with Crippen molar-refractivity contribution in [1.29, 1.82) is 0 Å². The number of ether oxygens (including phenoxy) is 1. The quantitative estimate of drug-likeness (QED) is 0.820. The van der Waals surface area contributed by atoms with Gasteiger partial charge < -0.3 is 9.84 Å². The smallest absolute Gasteiger partial charge is 0.244 e. The molecule has 19 heavy (non-hydrogen) atoms. The molecule has 5 nitrogen and oxygen atoms in total. The van der Waals surface area contributed by atoms with E-state index in [4.69, 9.17) is 9.84 Å². The van der Waals surface area contributed by atoms with Gasteiger partial charge in [0.05, 0.1) is 7.11 Å². The van der Waals surface area contributed by atoms with E-state index in [1.165, 1.54) is 13.2 Å². The molecular formula is C12H18BrNO4S. The number of benzene rings is 1. The fourth-order valence-corrected chi connectivity index (χ4v) is 3.76. The third kappa shape index (κ3) is 4.45. The number of hydrogen-bond donors (Lipinski definition) is 2. The first-order valence-electron chi connectivity index (χ1n) is 5.70. The molecule has 0 fully saturated rings. The van der Waals surface area contributed by atoms with Gasteiger partial charge in [-0.3, -0.25) is 0 Å². The van der Waals surface area contributed by atoms with E-state index in [1.807, 2.05) is 0 Å². The minimum atomic E-state index is -3.72. The number of nitrogens with one attached hydrogen (secondary N) is 1. The molecule has 0 aliphatic carbocycles. The van der Waals surface area contributed by atoms with Crippen molar-refractivity contribution in [3.8, 4) is 5.75 Å². The van der Waals surface area contributed by atoms with E-state index in [0.29, 0.717) is 10.9 Å². The van der Waals surface area contributed by atoms with Crippen LogP contribution in [0.15, 0.2) is 27.6 Å². The minimum Gasteiger partial charge on any atom is -0.495 e. The Hall–Kier alpha value is -0.630. The van der Waals surface area contributed by atoms with E-state index in [1.54, 1.807) is 26.0 Å². The van der Waals surface area contributed by atoms with Crippen LogP contribution < -0.4 is 9.46 Å². The zero-order chi connectivity index (χ0) is 14.7. The van der Waals surface area contributed by atoms with E-state index in [0.717, 1.165) is 0 Å². The summed E-state index contributed by atoms with van der Waals surface area (Å²) in [6.45, 7) is 3.33. The van der Waals surface area contributed by atoms with Crippen molar-refractivity contribution in [3.63, 3.8) is 0 Å². The van der Waals surface area contributed by atoms with Crippen molar-refractivity contribution >= 4 is 26.0 Å². The molecule has 0 amide bonds. The molecule has 1 aromatic carbocycles. The fourth-order valence-electron chi connectivity index (χ4n) is 1.61. The zero-order valence-corrected chi connectivity index (χ0v) is 13.5. The highest BCUT2D eigenvalue weighted by molar-refractivity contribution is 9.10. The molecule has 0 radical (unpaired) electrons.